The lowest BCUT2D eigenvalue weighted by Crippen LogP contribution is -2.02. The third-order valence-electron chi connectivity index (χ3n) is 4.62. The van der Waals surface area contributed by atoms with Crippen molar-refractivity contribution < 1.29 is 0 Å². The van der Waals surface area contributed by atoms with E-state index in [1.165, 1.54) is 27.8 Å². The number of anilines is 1. The van der Waals surface area contributed by atoms with Crippen molar-refractivity contribution in [2.24, 2.45) is 0 Å². The van der Waals surface area contributed by atoms with E-state index in [-0.39, 0.29) is 12.4 Å². The van der Waals surface area contributed by atoms with E-state index < -0.39 is 0 Å². The van der Waals surface area contributed by atoms with Gasteiger partial charge >= 0.3 is 0 Å². The summed E-state index contributed by atoms with van der Waals surface area (Å²) in [6.07, 6.45) is 2.72. The number of hydrogen-bond donors (Lipinski definition) is 2. The lowest BCUT2D eigenvalue weighted by molar-refractivity contribution is 1.11. The summed E-state index contributed by atoms with van der Waals surface area (Å²) in [6, 6.07) is 20.4. The Morgan fingerprint density at radius 2 is 1.70 bits per heavy atom. The maximum Gasteiger partial charge on any atom is 0.135 e. The van der Waals surface area contributed by atoms with Crippen molar-refractivity contribution in [1.29, 1.82) is 0 Å². The molecule has 3 nitrogen and oxygen atoms in total. The molecule has 0 fully saturated rings. The molecule has 0 amide bonds. The van der Waals surface area contributed by atoms with Crippen LogP contribution in [0.2, 0.25) is 5.02 Å². The van der Waals surface area contributed by atoms with Gasteiger partial charge in [0.05, 0.1) is 5.52 Å². The van der Waals surface area contributed by atoms with Crippen LogP contribution in [0.4, 0.5) is 5.82 Å². The summed E-state index contributed by atoms with van der Waals surface area (Å²) in [7, 11) is 0. The Hall–Kier alpha value is -2.49. The number of nitrogens with zero attached hydrogens (tertiary/aromatic N) is 1. The molecule has 2 heterocycles. The van der Waals surface area contributed by atoms with E-state index >= 15 is 0 Å². The predicted molar refractivity (Wildman–Crippen MR) is 116 cm³/mol. The molecule has 0 radical (unpaired) electrons. The van der Waals surface area contributed by atoms with Crippen molar-refractivity contribution in [2.75, 3.05) is 5.32 Å². The Balaban J connectivity index is 0.00000210. The van der Waals surface area contributed by atoms with Gasteiger partial charge in [0.1, 0.15) is 5.82 Å². The normalized spacial score (nSPS) is 10.6. The summed E-state index contributed by atoms with van der Waals surface area (Å²) in [6.45, 7) is 2.83. The molecular weight excluding hydrogens is 377 g/mol. The number of pyridine rings is 1. The smallest absolute Gasteiger partial charge is 0.135 e. The molecule has 138 valence electrons. The zero-order valence-corrected chi connectivity index (χ0v) is 16.6. The molecule has 2 aromatic heterocycles. The molecule has 5 heteroatoms. The number of fused-ring (bicyclic) bond motifs is 1. The Labute approximate surface area is 170 Å². The fourth-order valence-electron chi connectivity index (χ4n) is 3.28. The van der Waals surface area contributed by atoms with Gasteiger partial charge in [-0.2, -0.15) is 0 Å². The summed E-state index contributed by atoms with van der Waals surface area (Å²) in [4.78, 5) is 8.09. The van der Waals surface area contributed by atoms with Crippen LogP contribution in [0, 0.1) is 6.92 Å². The van der Waals surface area contributed by atoms with E-state index in [0.29, 0.717) is 6.54 Å². The van der Waals surface area contributed by atoms with Gasteiger partial charge in [-0.3, -0.25) is 0 Å². The molecule has 0 atom stereocenters. The average molecular weight is 398 g/mol. The van der Waals surface area contributed by atoms with Gasteiger partial charge in [-0.1, -0.05) is 54.1 Å². The third kappa shape index (κ3) is 4.26. The van der Waals surface area contributed by atoms with E-state index in [2.05, 4.69) is 46.5 Å². The first kappa shape index (κ1) is 19.3. The zero-order valence-electron chi connectivity index (χ0n) is 15.0. The minimum absolute atomic E-state index is 0. The highest BCUT2D eigenvalue weighted by Gasteiger charge is 2.13. The molecule has 0 aliphatic carbocycles. The summed E-state index contributed by atoms with van der Waals surface area (Å²) in [5, 5.41) is 5.41. The number of rotatable bonds is 5. The molecule has 0 unspecified atom stereocenters. The maximum absolute atomic E-state index is 5.97. The average Bonchev–Trinajstić information content (AvgIpc) is 2.98. The second-order valence-corrected chi connectivity index (χ2v) is 6.89. The van der Waals surface area contributed by atoms with Crippen LogP contribution in [0.3, 0.4) is 0 Å². The molecule has 0 spiro atoms. The first-order valence-electron chi connectivity index (χ1n) is 8.69. The van der Waals surface area contributed by atoms with Crippen LogP contribution >= 0.6 is 24.0 Å². The van der Waals surface area contributed by atoms with E-state index in [1.54, 1.807) is 0 Å². The molecule has 0 bridgehead atoms. The first-order valence-corrected chi connectivity index (χ1v) is 9.07. The summed E-state index contributed by atoms with van der Waals surface area (Å²) >= 11 is 5.97. The van der Waals surface area contributed by atoms with Crippen molar-refractivity contribution in [3.63, 3.8) is 0 Å². The van der Waals surface area contributed by atoms with Crippen LogP contribution in [0.5, 0.6) is 0 Å². The number of aromatic nitrogens is 2. The minimum atomic E-state index is 0. The van der Waals surface area contributed by atoms with Crippen LogP contribution < -0.4 is 5.32 Å². The third-order valence-corrected chi connectivity index (χ3v) is 4.88. The number of aryl methyl sites for hydroxylation is 1. The van der Waals surface area contributed by atoms with Gasteiger partial charge in [-0.05, 0) is 48.2 Å². The molecule has 0 aliphatic heterocycles. The Morgan fingerprint density at radius 1 is 0.963 bits per heavy atom. The van der Waals surface area contributed by atoms with Crippen LogP contribution in [-0.4, -0.2) is 9.97 Å². The largest absolute Gasteiger partial charge is 0.365 e. The molecule has 0 saturated heterocycles. The monoisotopic (exact) mass is 397 g/mol. The number of benzene rings is 2. The first-order chi connectivity index (χ1) is 12.7. The SMILES string of the molecule is Cc1[nH]c2ccnc(NCc3ccc(Cl)cc3)c2c1Cc1ccccc1.Cl. The molecule has 2 N–H and O–H groups in total. The van der Waals surface area contributed by atoms with Gasteiger partial charge in [-0.25, -0.2) is 4.98 Å². The van der Waals surface area contributed by atoms with Crippen LogP contribution in [0.1, 0.15) is 22.4 Å². The lowest BCUT2D eigenvalue weighted by Gasteiger charge is -2.09. The number of hydrogen-bond acceptors (Lipinski definition) is 2. The van der Waals surface area contributed by atoms with E-state index in [0.717, 1.165) is 22.8 Å². The summed E-state index contributed by atoms with van der Waals surface area (Å²) in [5.41, 5.74) is 6.06. The lowest BCUT2D eigenvalue weighted by atomic mass is 10.0. The number of H-pyrrole nitrogens is 1. The highest BCUT2D eigenvalue weighted by atomic mass is 35.5. The fraction of sp³-hybridized carbons (Fsp3) is 0.136. The second-order valence-electron chi connectivity index (χ2n) is 6.45. The summed E-state index contributed by atoms with van der Waals surface area (Å²) < 4.78 is 0. The maximum atomic E-state index is 5.97. The molecule has 2 aromatic carbocycles. The minimum Gasteiger partial charge on any atom is -0.365 e. The Bertz CT molecular complexity index is 1020. The standard InChI is InChI=1S/C22H20ClN3.ClH/c1-15-19(13-16-5-3-2-4-6-16)21-20(26-15)11-12-24-22(21)25-14-17-7-9-18(23)10-8-17;/h2-12,26H,13-14H2,1H3,(H,24,25);1H. The Morgan fingerprint density at radius 3 is 2.44 bits per heavy atom. The number of halogens is 2. The van der Waals surface area contributed by atoms with Gasteiger partial charge in [-0.15, -0.1) is 12.4 Å². The van der Waals surface area contributed by atoms with Crippen molar-refractivity contribution in [3.8, 4) is 0 Å². The van der Waals surface area contributed by atoms with Crippen LogP contribution in [0.25, 0.3) is 10.9 Å². The van der Waals surface area contributed by atoms with E-state index in [1.807, 2.05) is 42.6 Å². The van der Waals surface area contributed by atoms with E-state index in [4.69, 9.17) is 11.6 Å². The van der Waals surface area contributed by atoms with Gasteiger partial charge in [0, 0.05) is 28.8 Å². The highest BCUT2D eigenvalue weighted by molar-refractivity contribution is 6.30. The van der Waals surface area contributed by atoms with Crippen molar-refractivity contribution in [2.45, 2.75) is 19.9 Å². The second kappa shape index (κ2) is 8.47. The Kier molecular flexibility index (Phi) is 6.04. The van der Waals surface area contributed by atoms with Crippen molar-refractivity contribution >= 4 is 40.7 Å². The molecule has 0 saturated carbocycles. The van der Waals surface area contributed by atoms with Gasteiger partial charge in [0.2, 0.25) is 0 Å². The van der Waals surface area contributed by atoms with Crippen molar-refractivity contribution in [3.05, 3.63) is 94.3 Å². The molecule has 27 heavy (non-hydrogen) atoms. The van der Waals surface area contributed by atoms with E-state index in [9.17, 15) is 0 Å². The van der Waals surface area contributed by atoms with Gasteiger partial charge in [0.25, 0.3) is 0 Å². The molecule has 4 aromatic rings. The topological polar surface area (TPSA) is 40.7 Å². The molecule has 4 rings (SSSR count). The predicted octanol–water partition coefficient (Wildman–Crippen LogP) is 6.15. The van der Waals surface area contributed by atoms with Gasteiger partial charge in [0.15, 0.2) is 0 Å². The number of aromatic amines is 1. The van der Waals surface area contributed by atoms with Crippen LogP contribution in [0.15, 0.2) is 66.9 Å². The van der Waals surface area contributed by atoms with Crippen LogP contribution in [-0.2, 0) is 13.0 Å². The fourth-order valence-corrected chi connectivity index (χ4v) is 3.41. The van der Waals surface area contributed by atoms with Gasteiger partial charge < -0.3 is 10.3 Å². The molecular formula is C22H21Cl2N3. The molecule has 0 aliphatic rings. The highest BCUT2D eigenvalue weighted by Crippen LogP contribution is 2.30. The van der Waals surface area contributed by atoms with Crippen molar-refractivity contribution in [1.82, 2.24) is 9.97 Å². The summed E-state index contributed by atoms with van der Waals surface area (Å²) in [5.74, 6) is 0.910. The quantitative estimate of drug-likeness (QED) is 0.423. The zero-order chi connectivity index (χ0) is 17.9. The number of nitrogens with one attached hydrogen (secondary N) is 2.